The van der Waals surface area contributed by atoms with E-state index in [1.165, 1.54) is 0 Å². The molecule has 2 rings (SSSR count). The van der Waals surface area contributed by atoms with E-state index in [-0.39, 0.29) is 12.8 Å². The van der Waals surface area contributed by atoms with E-state index in [0.717, 1.165) is 5.56 Å². The van der Waals surface area contributed by atoms with Crippen molar-refractivity contribution >= 4 is 0 Å². The first-order chi connectivity index (χ1) is 14.8. The lowest BCUT2D eigenvalue weighted by Crippen LogP contribution is -2.71. The lowest BCUT2D eigenvalue weighted by molar-refractivity contribution is -0.443. The van der Waals surface area contributed by atoms with E-state index in [9.17, 15) is 57.1 Å². The summed E-state index contributed by atoms with van der Waals surface area (Å²) in [5, 5.41) is 0. The molecule has 1 fully saturated rings. The van der Waals surface area contributed by atoms with Crippen LogP contribution in [-0.2, 0) is 6.42 Å². The molecule has 1 aromatic carbocycles. The van der Waals surface area contributed by atoms with Crippen LogP contribution in [0.5, 0.6) is 0 Å². The maximum atomic E-state index is 14.3. The molecule has 0 bridgehead atoms. The van der Waals surface area contributed by atoms with Gasteiger partial charge in [-0.1, -0.05) is 31.2 Å². The average molecular weight is 506 g/mol. The van der Waals surface area contributed by atoms with Crippen LogP contribution in [-0.4, -0.2) is 35.8 Å². The van der Waals surface area contributed by atoms with Gasteiger partial charge in [-0.15, -0.1) is 0 Å². The lowest BCUT2D eigenvalue weighted by Gasteiger charge is -2.43. The van der Waals surface area contributed by atoms with Gasteiger partial charge in [0, 0.05) is 5.92 Å². The molecule has 190 valence electrons. The van der Waals surface area contributed by atoms with Crippen LogP contribution in [0, 0.1) is 5.92 Å². The normalized spacial score (nSPS) is 21.9. The molecule has 1 aliphatic carbocycles. The Balaban J connectivity index is 2.27. The van der Waals surface area contributed by atoms with Crippen LogP contribution in [0.15, 0.2) is 24.3 Å². The van der Waals surface area contributed by atoms with Crippen LogP contribution in [0.3, 0.4) is 0 Å². The Hall–Kier alpha value is -1.69. The van der Waals surface area contributed by atoms with Crippen LogP contribution in [0.2, 0.25) is 0 Å². The summed E-state index contributed by atoms with van der Waals surface area (Å²) >= 11 is 0. The molecule has 1 saturated carbocycles. The van der Waals surface area contributed by atoms with Gasteiger partial charge < -0.3 is 0 Å². The van der Waals surface area contributed by atoms with Gasteiger partial charge in [-0.05, 0) is 49.1 Å². The third-order valence-corrected chi connectivity index (χ3v) is 6.06. The molecule has 1 aliphatic rings. The maximum absolute atomic E-state index is 14.3. The zero-order chi connectivity index (χ0) is 25.7. The van der Waals surface area contributed by atoms with Crippen molar-refractivity contribution in [3.8, 4) is 0 Å². The Kier molecular flexibility index (Phi) is 7.11. The van der Waals surface area contributed by atoms with Crippen LogP contribution in [0.4, 0.5) is 57.1 Å². The van der Waals surface area contributed by atoms with E-state index in [0.29, 0.717) is 12.0 Å². The summed E-state index contributed by atoms with van der Waals surface area (Å²) in [7, 11) is 0. The molecule has 0 unspecified atom stereocenters. The fourth-order valence-corrected chi connectivity index (χ4v) is 3.85. The van der Waals surface area contributed by atoms with Gasteiger partial charge in [0.2, 0.25) is 0 Å². The second-order valence-corrected chi connectivity index (χ2v) is 8.06. The highest BCUT2D eigenvalue weighted by Gasteiger charge is 2.91. The van der Waals surface area contributed by atoms with Crippen molar-refractivity contribution in [2.75, 3.05) is 0 Å². The van der Waals surface area contributed by atoms with Gasteiger partial charge in [-0.2, -0.15) is 57.1 Å². The van der Waals surface area contributed by atoms with E-state index >= 15 is 0 Å². The summed E-state index contributed by atoms with van der Waals surface area (Å²) in [6.45, 7) is 1.87. The number of benzene rings is 1. The summed E-state index contributed by atoms with van der Waals surface area (Å²) in [4.78, 5) is 0. The second kappa shape index (κ2) is 8.51. The third-order valence-electron chi connectivity index (χ3n) is 6.06. The minimum Gasteiger partial charge on any atom is -0.199 e. The summed E-state index contributed by atoms with van der Waals surface area (Å²) < 4.78 is 173. The van der Waals surface area contributed by atoms with Gasteiger partial charge in [0.15, 0.2) is 0 Å². The van der Waals surface area contributed by atoms with E-state index in [4.69, 9.17) is 0 Å². The molecule has 0 saturated heterocycles. The van der Waals surface area contributed by atoms with Crippen LogP contribution < -0.4 is 0 Å². The molecule has 0 atom stereocenters. The van der Waals surface area contributed by atoms with Gasteiger partial charge in [0.1, 0.15) is 0 Å². The number of hydrogen-bond donors (Lipinski definition) is 0. The minimum atomic E-state index is -7.84. The molecule has 33 heavy (non-hydrogen) atoms. The monoisotopic (exact) mass is 506 g/mol. The van der Waals surface area contributed by atoms with E-state index in [1.54, 1.807) is 24.3 Å². The van der Waals surface area contributed by atoms with Gasteiger partial charge in [-0.3, -0.25) is 0 Å². The first-order valence-electron chi connectivity index (χ1n) is 9.80. The minimum absolute atomic E-state index is 0.234. The molecule has 0 nitrogen and oxygen atoms in total. The Bertz CT molecular complexity index is 800. The molecule has 0 heterocycles. The molecule has 0 N–H and O–H groups in total. The van der Waals surface area contributed by atoms with Gasteiger partial charge in [0.05, 0.1) is 0 Å². The molecular formula is C20H19F13. The predicted octanol–water partition coefficient (Wildman–Crippen LogP) is 8.26. The van der Waals surface area contributed by atoms with E-state index in [1.807, 2.05) is 6.92 Å². The molecule has 0 radical (unpaired) electrons. The Morgan fingerprint density at radius 3 is 1.42 bits per heavy atom. The Morgan fingerprint density at radius 2 is 1.03 bits per heavy atom. The fraction of sp³-hybridized carbons (Fsp3) is 0.700. The molecule has 0 spiro atoms. The SMILES string of the molecule is CCc1ccc([C@H]2CC[C@H](C(F)(F)C(F)(F)C(F)(F)C(F)(F)C(F)(F)C(F)(F)F)CC2)cc1. The number of halogens is 13. The lowest BCUT2D eigenvalue weighted by atomic mass is 9.74. The van der Waals surface area contributed by atoms with Gasteiger partial charge in [0.25, 0.3) is 0 Å². The van der Waals surface area contributed by atoms with Crippen LogP contribution >= 0.6 is 0 Å². The largest absolute Gasteiger partial charge is 0.460 e. The summed E-state index contributed by atoms with van der Waals surface area (Å²) in [6.07, 6.45) is -8.89. The number of alkyl halides is 13. The summed E-state index contributed by atoms with van der Waals surface area (Å²) in [5.41, 5.74) is 1.58. The third kappa shape index (κ3) is 4.28. The zero-order valence-corrected chi connectivity index (χ0v) is 16.9. The van der Waals surface area contributed by atoms with Gasteiger partial charge >= 0.3 is 35.8 Å². The first kappa shape index (κ1) is 27.6. The Labute approximate surface area is 180 Å². The maximum Gasteiger partial charge on any atom is 0.460 e. The number of aryl methyl sites for hydroxylation is 1. The highest BCUT2D eigenvalue weighted by atomic mass is 19.4. The molecule has 1 aromatic rings. The molecule has 0 aromatic heterocycles. The van der Waals surface area contributed by atoms with Crippen molar-refractivity contribution in [1.82, 2.24) is 0 Å². The van der Waals surface area contributed by atoms with Crippen molar-refractivity contribution in [3.05, 3.63) is 35.4 Å². The van der Waals surface area contributed by atoms with Crippen LogP contribution in [0.1, 0.15) is 49.7 Å². The molecular weight excluding hydrogens is 487 g/mol. The van der Waals surface area contributed by atoms with Crippen LogP contribution in [0.25, 0.3) is 0 Å². The van der Waals surface area contributed by atoms with Crippen molar-refractivity contribution in [3.63, 3.8) is 0 Å². The summed E-state index contributed by atoms with van der Waals surface area (Å²) in [6, 6.07) is 6.77. The standard InChI is InChI=1S/C20H19F13/c1-2-11-3-5-12(6-4-11)13-7-9-14(10-8-13)15(21,22)16(23,24)17(25,26)18(27,28)19(29,30)20(31,32)33/h3-6,13-14H,2,7-10H2,1H3/t13-,14-. The van der Waals surface area contributed by atoms with E-state index < -0.39 is 60.5 Å². The molecule has 0 amide bonds. The smallest absolute Gasteiger partial charge is 0.199 e. The van der Waals surface area contributed by atoms with Crippen molar-refractivity contribution in [2.24, 2.45) is 5.92 Å². The first-order valence-corrected chi connectivity index (χ1v) is 9.80. The van der Waals surface area contributed by atoms with Crippen molar-refractivity contribution in [1.29, 1.82) is 0 Å². The number of rotatable bonds is 7. The fourth-order valence-electron chi connectivity index (χ4n) is 3.85. The van der Waals surface area contributed by atoms with E-state index in [2.05, 4.69) is 0 Å². The van der Waals surface area contributed by atoms with Gasteiger partial charge in [-0.25, -0.2) is 0 Å². The molecule has 0 aliphatic heterocycles. The average Bonchev–Trinajstić information content (AvgIpc) is 2.72. The molecule has 13 heteroatoms. The van der Waals surface area contributed by atoms with Crippen molar-refractivity contribution in [2.45, 2.75) is 80.7 Å². The Morgan fingerprint density at radius 1 is 0.606 bits per heavy atom. The number of hydrogen-bond acceptors (Lipinski definition) is 0. The quantitative estimate of drug-likeness (QED) is 0.327. The highest BCUT2D eigenvalue weighted by molar-refractivity contribution is 5.26. The topological polar surface area (TPSA) is 0 Å². The predicted molar refractivity (Wildman–Crippen MR) is 91.3 cm³/mol. The zero-order valence-electron chi connectivity index (χ0n) is 16.9. The summed E-state index contributed by atoms with van der Waals surface area (Å²) in [5.74, 6) is -39.5. The van der Waals surface area contributed by atoms with Crippen molar-refractivity contribution < 1.29 is 57.1 Å². The second-order valence-electron chi connectivity index (χ2n) is 8.06. The highest BCUT2D eigenvalue weighted by Crippen LogP contribution is 2.62.